The lowest BCUT2D eigenvalue weighted by atomic mass is 10.0. The average molecular weight is 663 g/mol. The molecule has 0 aliphatic rings. The lowest BCUT2D eigenvalue weighted by Gasteiger charge is -2.04. The fourth-order valence-corrected chi connectivity index (χ4v) is 12.1. The molecule has 0 amide bonds. The van der Waals surface area contributed by atoms with Gasteiger partial charge in [0.2, 0.25) is 0 Å². The van der Waals surface area contributed by atoms with Crippen LogP contribution in [0.3, 0.4) is 0 Å². The van der Waals surface area contributed by atoms with E-state index in [1.165, 1.54) is 230 Å². The molecular formula is C38H78S4. The molecule has 0 unspecified atom stereocenters. The van der Waals surface area contributed by atoms with E-state index in [2.05, 4.69) is 35.4 Å². The summed E-state index contributed by atoms with van der Waals surface area (Å²) in [6.45, 7) is 4.62. The second-order valence-electron chi connectivity index (χ2n) is 13.1. The molecule has 0 saturated carbocycles. The van der Waals surface area contributed by atoms with Gasteiger partial charge < -0.3 is 0 Å². The Bertz CT molecular complexity index is 405. The van der Waals surface area contributed by atoms with Gasteiger partial charge in [0.1, 0.15) is 0 Å². The summed E-state index contributed by atoms with van der Waals surface area (Å²) in [4.78, 5) is 0. The van der Waals surface area contributed by atoms with Crippen molar-refractivity contribution >= 4 is 41.2 Å². The third kappa shape index (κ3) is 41.4. The van der Waals surface area contributed by atoms with Gasteiger partial charge in [0.25, 0.3) is 0 Å². The van der Waals surface area contributed by atoms with E-state index in [1.807, 2.05) is 19.7 Å². The van der Waals surface area contributed by atoms with Gasteiger partial charge in [-0.15, -0.1) is 0 Å². The van der Waals surface area contributed by atoms with E-state index < -0.39 is 0 Å². The first kappa shape index (κ1) is 43.4. The van der Waals surface area contributed by atoms with Crippen LogP contribution in [0, 0.1) is 0 Å². The minimum atomic E-state index is 1.34. The van der Waals surface area contributed by atoms with Crippen LogP contribution >= 0.6 is 41.2 Å². The molecule has 0 saturated heterocycles. The molecule has 0 radical (unpaired) electrons. The molecule has 4 heteroatoms. The molecule has 0 aliphatic heterocycles. The normalized spacial score (nSPS) is 11.6. The second kappa shape index (κ2) is 42.4. The summed E-state index contributed by atoms with van der Waals surface area (Å²) in [6, 6.07) is 0. The van der Waals surface area contributed by atoms with Gasteiger partial charge in [-0.3, -0.25) is 0 Å². The summed E-state index contributed by atoms with van der Waals surface area (Å²) < 4.78 is 0. The minimum Gasteiger partial charge on any atom is -0.0817 e. The monoisotopic (exact) mass is 662 g/mol. The van der Waals surface area contributed by atoms with Gasteiger partial charge in [-0.05, 0) is 32.5 Å². The van der Waals surface area contributed by atoms with Crippen LogP contribution in [0.15, 0.2) is 0 Å². The van der Waals surface area contributed by atoms with Crippen molar-refractivity contribution in [3.05, 3.63) is 0 Å². The van der Waals surface area contributed by atoms with E-state index in [4.69, 9.17) is 0 Å². The first-order valence-electron chi connectivity index (χ1n) is 19.5. The molecule has 0 aliphatic carbocycles. The highest BCUT2D eigenvalue weighted by Gasteiger charge is 1.98. The molecule has 0 heterocycles. The van der Waals surface area contributed by atoms with Gasteiger partial charge in [-0.1, -0.05) is 241 Å². The van der Waals surface area contributed by atoms with Crippen LogP contribution in [0.1, 0.15) is 232 Å². The van der Waals surface area contributed by atoms with Crippen molar-refractivity contribution in [3.8, 4) is 0 Å². The Morgan fingerprint density at radius 2 is 0.381 bits per heavy atom. The highest BCUT2D eigenvalue weighted by Crippen LogP contribution is 2.43. The smallest absolute Gasteiger partial charge is 0.00454 e. The number of rotatable bonds is 39. The summed E-state index contributed by atoms with van der Waals surface area (Å²) >= 11 is 0. The second-order valence-corrected chi connectivity index (χ2v) is 19.3. The van der Waals surface area contributed by atoms with E-state index in [-0.39, 0.29) is 0 Å². The van der Waals surface area contributed by atoms with Gasteiger partial charge in [0.05, 0.1) is 0 Å². The molecule has 0 nitrogen and oxygen atoms in total. The predicted octanol–water partition coefficient (Wildman–Crippen LogP) is 17.0. The summed E-state index contributed by atoms with van der Waals surface area (Å²) in [5.74, 6) is 2.69. The van der Waals surface area contributed by atoms with Crippen molar-refractivity contribution in [2.24, 2.45) is 0 Å². The van der Waals surface area contributed by atoms with Crippen LogP contribution in [0.4, 0.5) is 0 Å². The zero-order valence-electron chi connectivity index (χ0n) is 29.1. The van der Waals surface area contributed by atoms with E-state index >= 15 is 0 Å². The van der Waals surface area contributed by atoms with E-state index in [0.29, 0.717) is 0 Å². The number of hydrogen-bond acceptors (Lipinski definition) is 4. The van der Waals surface area contributed by atoms with Gasteiger partial charge in [0, 0.05) is 11.5 Å². The Balaban J connectivity index is 3.02. The zero-order valence-corrected chi connectivity index (χ0v) is 32.4. The molecular weight excluding hydrogens is 585 g/mol. The number of hydrogen-bond donors (Lipinski definition) is 0. The van der Waals surface area contributed by atoms with Gasteiger partial charge in [-0.25, -0.2) is 0 Å². The van der Waals surface area contributed by atoms with Crippen molar-refractivity contribution < 1.29 is 0 Å². The van der Waals surface area contributed by atoms with Crippen LogP contribution in [0.5, 0.6) is 0 Å². The fraction of sp³-hybridized carbons (Fsp3) is 1.00. The highest BCUT2D eigenvalue weighted by atomic mass is 33.7. The summed E-state index contributed by atoms with van der Waals surface area (Å²) in [6.07, 6.45) is 49.8. The zero-order chi connectivity index (χ0) is 30.3. The maximum atomic E-state index is 2.31. The third-order valence-electron chi connectivity index (χ3n) is 8.79. The van der Waals surface area contributed by atoms with Crippen molar-refractivity contribution in [1.29, 1.82) is 0 Å². The van der Waals surface area contributed by atoms with Gasteiger partial charge in [0.15, 0.2) is 0 Å². The largest absolute Gasteiger partial charge is 0.0817 e. The molecule has 0 bridgehead atoms. The molecule has 0 spiro atoms. The Hall–Kier alpha value is 1.40. The maximum Gasteiger partial charge on any atom is 0.00454 e. The van der Waals surface area contributed by atoms with E-state index in [0.717, 1.165) is 0 Å². The van der Waals surface area contributed by atoms with Crippen molar-refractivity contribution in [2.75, 3.05) is 11.5 Å². The average Bonchev–Trinajstić information content (AvgIpc) is 3.00. The molecule has 0 aromatic carbocycles. The van der Waals surface area contributed by atoms with Crippen molar-refractivity contribution in [1.82, 2.24) is 0 Å². The first-order valence-corrected chi connectivity index (χ1v) is 24.6. The highest BCUT2D eigenvalue weighted by molar-refractivity contribution is 9.26. The molecule has 0 atom stereocenters. The third-order valence-corrected chi connectivity index (χ3v) is 15.4. The first-order chi connectivity index (χ1) is 20.9. The molecule has 0 N–H and O–H groups in total. The molecule has 0 aromatic rings. The van der Waals surface area contributed by atoms with Crippen molar-refractivity contribution in [3.63, 3.8) is 0 Å². The lowest BCUT2D eigenvalue weighted by molar-refractivity contribution is 0.529. The standard InChI is InChI=1S/C38H78S4/c1-3-5-7-9-11-13-15-17-19-21-23-25-27-29-31-33-35-37-39-41-42-40-38-36-34-32-30-28-26-24-22-20-18-16-14-12-10-8-6-4-2/h3-38H2,1-2H3. The van der Waals surface area contributed by atoms with Crippen LogP contribution in [-0.2, 0) is 0 Å². The Morgan fingerprint density at radius 3 is 0.571 bits per heavy atom. The van der Waals surface area contributed by atoms with E-state index in [1.54, 1.807) is 0 Å². The summed E-state index contributed by atoms with van der Waals surface area (Å²) in [7, 11) is 8.23. The van der Waals surface area contributed by atoms with Crippen LogP contribution in [0.2, 0.25) is 0 Å². The molecule has 0 fully saturated rings. The predicted molar refractivity (Wildman–Crippen MR) is 208 cm³/mol. The quantitative estimate of drug-likeness (QED) is 0.0474. The topological polar surface area (TPSA) is 0 Å². The van der Waals surface area contributed by atoms with Crippen molar-refractivity contribution in [2.45, 2.75) is 232 Å². The lowest BCUT2D eigenvalue weighted by Crippen LogP contribution is -1.84. The van der Waals surface area contributed by atoms with Gasteiger partial charge in [-0.2, -0.15) is 0 Å². The minimum absolute atomic E-state index is 1.34. The Labute approximate surface area is 283 Å². The fourth-order valence-electron chi connectivity index (χ4n) is 5.88. The van der Waals surface area contributed by atoms with E-state index in [9.17, 15) is 0 Å². The Kier molecular flexibility index (Phi) is 43.8. The molecule has 0 aromatic heterocycles. The summed E-state index contributed by atoms with van der Waals surface area (Å²) in [5.41, 5.74) is 0. The molecule has 254 valence electrons. The Morgan fingerprint density at radius 1 is 0.214 bits per heavy atom. The van der Waals surface area contributed by atoms with Crippen LogP contribution in [-0.4, -0.2) is 11.5 Å². The molecule has 42 heavy (non-hydrogen) atoms. The maximum absolute atomic E-state index is 2.31. The SMILES string of the molecule is CCCCCCCCCCCCCCCCCCCSSSSCCCCCCCCCCCCCCCCCCC. The number of unbranched alkanes of at least 4 members (excludes halogenated alkanes) is 32. The van der Waals surface area contributed by atoms with Gasteiger partial charge >= 0.3 is 0 Å². The molecule has 0 rings (SSSR count). The van der Waals surface area contributed by atoms with Crippen LogP contribution < -0.4 is 0 Å². The summed E-state index contributed by atoms with van der Waals surface area (Å²) in [5, 5.41) is 0. The van der Waals surface area contributed by atoms with Crippen LogP contribution in [0.25, 0.3) is 0 Å².